The lowest BCUT2D eigenvalue weighted by Crippen LogP contribution is -2.17. The number of ketones is 1. The van der Waals surface area contributed by atoms with E-state index in [9.17, 15) is 9.59 Å². The lowest BCUT2D eigenvalue weighted by molar-refractivity contribution is 0.0920. The highest BCUT2D eigenvalue weighted by Gasteiger charge is 2.21. The van der Waals surface area contributed by atoms with Crippen molar-refractivity contribution in [2.45, 2.75) is 13.8 Å². The summed E-state index contributed by atoms with van der Waals surface area (Å²) in [6.07, 6.45) is 1.48. The number of aryl methyl sites for hydroxylation is 1. The van der Waals surface area contributed by atoms with E-state index in [1.807, 2.05) is 19.9 Å². The Morgan fingerprint density at radius 1 is 1.03 bits per heavy atom. The summed E-state index contributed by atoms with van der Waals surface area (Å²) >= 11 is 0. The van der Waals surface area contributed by atoms with Crippen LogP contribution in [0.3, 0.4) is 0 Å². The molecule has 0 amide bonds. The molecular formula is C24H20O6. The van der Waals surface area contributed by atoms with E-state index in [1.54, 1.807) is 48.5 Å². The number of furan rings is 1. The predicted octanol–water partition coefficient (Wildman–Crippen LogP) is 5.02. The summed E-state index contributed by atoms with van der Waals surface area (Å²) in [5.41, 5.74) is 1.48. The highest BCUT2D eigenvalue weighted by Crippen LogP contribution is 2.31. The highest BCUT2D eigenvalue weighted by atomic mass is 16.5. The SMILES string of the molecule is CCOc1ccc(C(=O)COc2c(-c3ccco3)oc3cc(C)ccc3c2=O)cc1. The van der Waals surface area contributed by atoms with Crippen LogP contribution in [0.1, 0.15) is 22.8 Å². The van der Waals surface area contributed by atoms with Crippen molar-refractivity contribution < 1.29 is 23.1 Å². The van der Waals surface area contributed by atoms with E-state index in [0.717, 1.165) is 5.56 Å². The average molecular weight is 404 g/mol. The number of hydrogen-bond donors (Lipinski definition) is 0. The Kier molecular flexibility index (Phi) is 5.39. The molecular weight excluding hydrogens is 384 g/mol. The van der Waals surface area contributed by atoms with Gasteiger partial charge in [0.05, 0.1) is 18.3 Å². The Morgan fingerprint density at radius 2 is 1.83 bits per heavy atom. The maximum atomic E-state index is 13.1. The largest absolute Gasteiger partial charge is 0.494 e. The Labute approximate surface area is 172 Å². The van der Waals surface area contributed by atoms with Crippen molar-refractivity contribution in [2.75, 3.05) is 13.2 Å². The van der Waals surface area contributed by atoms with Crippen LogP contribution < -0.4 is 14.9 Å². The summed E-state index contributed by atoms with van der Waals surface area (Å²) < 4.78 is 22.4. The molecule has 0 bridgehead atoms. The lowest BCUT2D eigenvalue weighted by atomic mass is 10.1. The highest BCUT2D eigenvalue weighted by molar-refractivity contribution is 5.97. The molecule has 0 aliphatic heterocycles. The summed E-state index contributed by atoms with van der Waals surface area (Å²) in [6.45, 7) is 4.03. The molecule has 4 aromatic rings. The van der Waals surface area contributed by atoms with Gasteiger partial charge in [-0.2, -0.15) is 0 Å². The van der Waals surface area contributed by atoms with Crippen molar-refractivity contribution in [2.24, 2.45) is 0 Å². The fourth-order valence-corrected chi connectivity index (χ4v) is 3.11. The molecule has 2 aromatic carbocycles. The minimum absolute atomic E-state index is 0.0550. The van der Waals surface area contributed by atoms with Crippen LogP contribution in [0, 0.1) is 6.92 Å². The van der Waals surface area contributed by atoms with Crippen LogP contribution in [0.15, 0.2) is 74.5 Å². The molecule has 0 unspecified atom stereocenters. The summed E-state index contributed by atoms with van der Waals surface area (Å²) in [5, 5.41) is 0.374. The van der Waals surface area contributed by atoms with Crippen LogP contribution in [-0.4, -0.2) is 19.0 Å². The van der Waals surface area contributed by atoms with Crippen LogP contribution in [0.4, 0.5) is 0 Å². The van der Waals surface area contributed by atoms with Gasteiger partial charge in [0.2, 0.25) is 16.9 Å². The third kappa shape index (κ3) is 3.85. The minimum Gasteiger partial charge on any atom is -0.494 e. The van der Waals surface area contributed by atoms with Crippen LogP contribution in [0.2, 0.25) is 0 Å². The quantitative estimate of drug-likeness (QED) is 0.402. The van der Waals surface area contributed by atoms with Gasteiger partial charge in [-0.3, -0.25) is 9.59 Å². The predicted molar refractivity (Wildman–Crippen MR) is 112 cm³/mol. The first-order valence-corrected chi connectivity index (χ1v) is 9.57. The van der Waals surface area contributed by atoms with Crippen molar-refractivity contribution >= 4 is 16.8 Å². The Bertz CT molecular complexity index is 1230. The second-order valence-corrected chi connectivity index (χ2v) is 6.74. The molecule has 0 N–H and O–H groups in total. The zero-order chi connectivity index (χ0) is 21.1. The Morgan fingerprint density at radius 3 is 2.53 bits per heavy atom. The standard InChI is InChI=1S/C24H20O6/c1-3-27-17-9-7-16(8-10-17)19(25)14-29-24-22(26)18-11-6-15(2)13-21(18)30-23(24)20-5-4-12-28-20/h4-13H,3,14H2,1-2H3. The molecule has 0 aliphatic carbocycles. The van der Waals surface area contributed by atoms with E-state index < -0.39 is 0 Å². The zero-order valence-corrected chi connectivity index (χ0v) is 16.6. The zero-order valence-electron chi connectivity index (χ0n) is 16.6. The van der Waals surface area contributed by atoms with Crippen molar-refractivity contribution in [3.8, 4) is 23.0 Å². The number of ether oxygens (including phenoxy) is 2. The molecule has 0 fully saturated rings. The van der Waals surface area contributed by atoms with Crippen LogP contribution >= 0.6 is 0 Å². The normalized spacial score (nSPS) is 10.9. The number of fused-ring (bicyclic) bond motifs is 1. The number of Topliss-reactive ketones (excluding diaryl/α,β-unsaturated/α-hetero) is 1. The molecule has 6 heteroatoms. The van der Waals surface area contributed by atoms with E-state index >= 15 is 0 Å². The van der Waals surface area contributed by atoms with Crippen LogP contribution in [0.5, 0.6) is 11.5 Å². The van der Waals surface area contributed by atoms with E-state index in [2.05, 4.69) is 0 Å². The molecule has 0 atom stereocenters. The van der Waals surface area contributed by atoms with E-state index in [1.165, 1.54) is 6.26 Å². The molecule has 152 valence electrons. The van der Waals surface area contributed by atoms with Gasteiger partial charge in [0, 0.05) is 5.56 Å². The topological polar surface area (TPSA) is 78.9 Å². The van der Waals surface area contributed by atoms with E-state index in [4.69, 9.17) is 18.3 Å². The molecule has 6 nitrogen and oxygen atoms in total. The number of carbonyl (C=O) groups excluding carboxylic acids is 1. The molecule has 0 aliphatic rings. The third-order valence-corrected chi connectivity index (χ3v) is 4.59. The van der Waals surface area contributed by atoms with Crippen LogP contribution in [0.25, 0.3) is 22.5 Å². The molecule has 0 radical (unpaired) electrons. The molecule has 4 rings (SSSR count). The summed E-state index contributed by atoms with van der Waals surface area (Å²) in [7, 11) is 0. The first-order valence-electron chi connectivity index (χ1n) is 9.57. The van der Waals surface area contributed by atoms with Crippen molar-refractivity contribution in [1.82, 2.24) is 0 Å². The number of benzene rings is 2. The number of rotatable bonds is 7. The van der Waals surface area contributed by atoms with Gasteiger partial charge < -0.3 is 18.3 Å². The van der Waals surface area contributed by atoms with Gasteiger partial charge in [0.1, 0.15) is 11.3 Å². The fourth-order valence-electron chi connectivity index (χ4n) is 3.11. The van der Waals surface area contributed by atoms with E-state index in [-0.39, 0.29) is 29.3 Å². The summed E-state index contributed by atoms with van der Waals surface area (Å²) in [5.74, 6) is 0.856. The maximum absolute atomic E-state index is 13.1. The molecule has 2 heterocycles. The van der Waals surface area contributed by atoms with Crippen molar-refractivity contribution in [1.29, 1.82) is 0 Å². The number of carbonyl (C=O) groups is 1. The smallest absolute Gasteiger partial charge is 0.235 e. The van der Waals surface area contributed by atoms with Gasteiger partial charge in [-0.25, -0.2) is 0 Å². The van der Waals surface area contributed by atoms with Crippen molar-refractivity contribution in [3.05, 3.63) is 82.2 Å². The minimum atomic E-state index is -0.359. The fraction of sp³-hybridized carbons (Fsp3) is 0.167. The lowest BCUT2D eigenvalue weighted by Gasteiger charge is -2.10. The van der Waals surface area contributed by atoms with Gasteiger partial charge in [0.25, 0.3) is 0 Å². The third-order valence-electron chi connectivity index (χ3n) is 4.59. The van der Waals surface area contributed by atoms with Gasteiger partial charge in [0.15, 0.2) is 18.2 Å². The monoisotopic (exact) mass is 404 g/mol. The van der Waals surface area contributed by atoms with E-state index in [0.29, 0.717) is 34.6 Å². The van der Waals surface area contributed by atoms with Gasteiger partial charge in [-0.15, -0.1) is 0 Å². The van der Waals surface area contributed by atoms with Crippen molar-refractivity contribution in [3.63, 3.8) is 0 Å². The molecule has 2 aromatic heterocycles. The molecule has 0 spiro atoms. The summed E-state index contributed by atoms with van der Waals surface area (Å²) in [6, 6.07) is 15.4. The first-order chi connectivity index (χ1) is 14.6. The molecule has 30 heavy (non-hydrogen) atoms. The number of hydrogen-bond acceptors (Lipinski definition) is 6. The summed E-state index contributed by atoms with van der Waals surface area (Å²) in [4.78, 5) is 25.6. The second kappa shape index (κ2) is 8.29. The Balaban J connectivity index is 1.67. The molecule has 0 saturated carbocycles. The Hall–Kier alpha value is -3.80. The molecule has 0 saturated heterocycles. The van der Waals surface area contributed by atoms with Gasteiger partial charge in [-0.05, 0) is 67.9 Å². The van der Waals surface area contributed by atoms with Crippen LogP contribution in [-0.2, 0) is 0 Å². The average Bonchev–Trinajstić information content (AvgIpc) is 3.28. The first kappa shape index (κ1) is 19.5. The maximum Gasteiger partial charge on any atom is 0.235 e. The second-order valence-electron chi connectivity index (χ2n) is 6.74. The van der Waals surface area contributed by atoms with Gasteiger partial charge in [-0.1, -0.05) is 6.07 Å². The van der Waals surface area contributed by atoms with Gasteiger partial charge >= 0.3 is 0 Å².